The lowest BCUT2D eigenvalue weighted by Crippen LogP contribution is -2.26. The third kappa shape index (κ3) is 2.77. The zero-order valence-corrected chi connectivity index (χ0v) is 11.4. The van der Waals surface area contributed by atoms with Crippen molar-refractivity contribution in [2.24, 2.45) is 11.8 Å². The van der Waals surface area contributed by atoms with Crippen molar-refractivity contribution < 1.29 is 9.90 Å². The minimum atomic E-state index is -0.788. The molecule has 1 fully saturated rings. The second-order valence-corrected chi connectivity index (χ2v) is 5.47. The van der Waals surface area contributed by atoms with Crippen LogP contribution in [0.15, 0.2) is 10.9 Å². The van der Waals surface area contributed by atoms with Crippen molar-refractivity contribution >= 4 is 11.8 Å². The summed E-state index contributed by atoms with van der Waals surface area (Å²) < 4.78 is 0. The van der Waals surface area contributed by atoms with Gasteiger partial charge in [-0.05, 0) is 5.92 Å². The number of aliphatic carboxylic acids is 1. The first-order chi connectivity index (χ1) is 8.88. The molecule has 1 aromatic heterocycles. The largest absolute Gasteiger partial charge is 0.481 e. The maximum Gasteiger partial charge on any atom is 0.308 e. The first-order valence-electron chi connectivity index (χ1n) is 6.47. The van der Waals surface area contributed by atoms with Gasteiger partial charge >= 0.3 is 5.97 Å². The summed E-state index contributed by atoms with van der Waals surface area (Å²) in [5.74, 6) is 0.202. The van der Waals surface area contributed by atoms with E-state index in [-0.39, 0.29) is 17.4 Å². The Hall–Kier alpha value is -1.85. The van der Waals surface area contributed by atoms with Crippen LogP contribution in [0.1, 0.15) is 32.5 Å². The molecule has 2 heterocycles. The Bertz CT molecular complexity index is 538. The highest BCUT2D eigenvalue weighted by molar-refractivity contribution is 5.72. The molecule has 0 radical (unpaired) electrons. The van der Waals surface area contributed by atoms with E-state index in [1.165, 1.54) is 6.07 Å². The van der Waals surface area contributed by atoms with Gasteiger partial charge in [0.05, 0.1) is 5.92 Å². The van der Waals surface area contributed by atoms with Gasteiger partial charge in [0, 0.05) is 25.1 Å². The summed E-state index contributed by atoms with van der Waals surface area (Å²) in [6, 6.07) is 1.43. The standard InChI is InChI=1S/C13H19N3O3/c1-7(2)12-14-10(4-11(17)15-12)16-5-8(3)9(6-16)13(18)19/h4,7-9H,5-6H2,1-3H3,(H,18,19)(H,14,15,17)/t8-,9-/m1/s1. The lowest BCUT2D eigenvalue weighted by atomic mass is 9.99. The number of hydrogen-bond donors (Lipinski definition) is 2. The van der Waals surface area contributed by atoms with Crippen LogP contribution in [-0.4, -0.2) is 34.1 Å². The van der Waals surface area contributed by atoms with Crippen LogP contribution < -0.4 is 10.5 Å². The van der Waals surface area contributed by atoms with Crippen molar-refractivity contribution in [3.8, 4) is 0 Å². The molecule has 1 aliphatic rings. The quantitative estimate of drug-likeness (QED) is 0.853. The number of hydrogen-bond acceptors (Lipinski definition) is 4. The molecule has 0 aliphatic carbocycles. The van der Waals surface area contributed by atoms with E-state index in [2.05, 4.69) is 9.97 Å². The second kappa shape index (κ2) is 5.03. The number of carboxylic acid groups (broad SMARTS) is 1. The smallest absolute Gasteiger partial charge is 0.308 e. The first-order valence-corrected chi connectivity index (χ1v) is 6.47. The van der Waals surface area contributed by atoms with Crippen LogP contribution in [0.25, 0.3) is 0 Å². The van der Waals surface area contributed by atoms with Crippen LogP contribution in [0.5, 0.6) is 0 Å². The molecule has 2 rings (SSSR count). The van der Waals surface area contributed by atoms with E-state index in [4.69, 9.17) is 5.11 Å². The molecular weight excluding hydrogens is 246 g/mol. The lowest BCUT2D eigenvalue weighted by molar-refractivity contribution is -0.142. The molecule has 1 saturated heterocycles. The Morgan fingerprint density at radius 1 is 1.53 bits per heavy atom. The number of nitrogens with one attached hydrogen (secondary N) is 1. The number of rotatable bonds is 3. The molecular formula is C13H19N3O3. The maximum atomic E-state index is 11.6. The Morgan fingerprint density at radius 2 is 2.21 bits per heavy atom. The average molecular weight is 265 g/mol. The topological polar surface area (TPSA) is 86.3 Å². The minimum Gasteiger partial charge on any atom is -0.481 e. The summed E-state index contributed by atoms with van der Waals surface area (Å²) >= 11 is 0. The molecule has 2 atom stereocenters. The number of nitrogens with zero attached hydrogens (tertiary/aromatic N) is 2. The predicted molar refractivity (Wildman–Crippen MR) is 71.4 cm³/mol. The van der Waals surface area contributed by atoms with Crippen molar-refractivity contribution in [3.05, 3.63) is 22.2 Å². The van der Waals surface area contributed by atoms with E-state index in [1.807, 2.05) is 25.7 Å². The van der Waals surface area contributed by atoms with Crippen LogP contribution in [0.3, 0.4) is 0 Å². The molecule has 0 saturated carbocycles. The van der Waals surface area contributed by atoms with Gasteiger partial charge in [0.15, 0.2) is 0 Å². The molecule has 1 aliphatic heterocycles. The van der Waals surface area contributed by atoms with Crippen LogP contribution in [0.2, 0.25) is 0 Å². The predicted octanol–water partition coefficient (Wildman–Crippen LogP) is 1.05. The van der Waals surface area contributed by atoms with Gasteiger partial charge in [0.1, 0.15) is 11.6 Å². The van der Waals surface area contributed by atoms with Gasteiger partial charge < -0.3 is 15.0 Å². The number of aromatic nitrogens is 2. The van der Waals surface area contributed by atoms with Crippen LogP contribution in [0.4, 0.5) is 5.82 Å². The van der Waals surface area contributed by atoms with Gasteiger partial charge in [0.2, 0.25) is 0 Å². The van der Waals surface area contributed by atoms with Gasteiger partial charge in [-0.1, -0.05) is 20.8 Å². The van der Waals surface area contributed by atoms with Gasteiger partial charge in [0.25, 0.3) is 5.56 Å². The molecule has 1 aromatic rings. The van der Waals surface area contributed by atoms with Crippen molar-refractivity contribution in [2.75, 3.05) is 18.0 Å². The van der Waals surface area contributed by atoms with Crippen LogP contribution >= 0.6 is 0 Å². The molecule has 0 spiro atoms. The molecule has 2 N–H and O–H groups in total. The maximum absolute atomic E-state index is 11.6. The normalized spacial score (nSPS) is 23.1. The van der Waals surface area contributed by atoms with Gasteiger partial charge in [-0.25, -0.2) is 4.98 Å². The Morgan fingerprint density at radius 3 is 2.74 bits per heavy atom. The fraction of sp³-hybridized carbons (Fsp3) is 0.615. The van der Waals surface area contributed by atoms with Crippen molar-refractivity contribution in [1.82, 2.24) is 9.97 Å². The second-order valence-electron chi connectivity index (χ2n) is 5.47. The van der Waals surface area contributed by atoms with E-state index in [0.29, 0.717) is 24.7 Å². The van der Waals surface area contributed by atoms with Crippen molar-refractivity contribution in [2.45, 2.75) is 26.7 Å². The summed E-state index contributed by atoms with van der Waals surface area (Å²) in [6.07, 6.45) is 0. The lowest BCUT2D eigenvalue weighted by Gasteiger charge is -2.18. The number of carboxylic acids is 1. The molecule has 104 valence electrons. The Labute approximate surface area is 111 Å². The van der Waals surface area contributed by atoms with E-state index < -0.39 is 11.9 Å². The number of carbonyl (C=O) groups is 1. The molecule has 19 heavy (non-hydrogen) atoms. The van der Waals surface area contributed by atoms with E-state index in [0.717, 1.165) is 0 Å². The highest BCUT2D eigenvalue weighted by Crippen LogP contribution is 2.26. The highest BCUT2D eigenvalue weighted by atomic mass is 16.4. The molecule has 6 nitrogen and oxygen atoms in total. The summed E-state index contributed by atoms with van der Waals surface area (Å²) in [4.78, 5) is 31.8. The van der Waals surface area contributed by atoms with Gasteiger partial charge in [-0.15, -0.1) is 0 Å². The SMILES string of the molecule is CC(C)c1nc(N2C[C@@H](C)[C@H](C(=O)O)C2)cc(=O)[nH]1. The van der Waals surface area contributed by atoms with E-state index >= 15 is 0 Å². The zero-order valence-electron chi connectivity index (χ0n) is 11.4. The van der Waals surface area contributed by atoms with Gasteiger partial charge in [-0.3, -0.25) is 9.59 Å². The summed E-state index contributed by atoms with van der Waals surface area (Å²) in [6.45, 7) is 6.84. The van der Waals surface area contributed by atoms with Crippen molar-refractivity contribution in [3.63, 3.8) is 0 Å². The fourth-order valence-electron chi connectivity index (χ4n) is 2.37. The fourth-order valence-corrected chi connectivity index (χ4v) is 2.37. The molecule has 0 amide bonds. The average Bonchev–Trinajstić information content (AvgIpc) is 2.70. The Kier molecular flexibility index (Phi) is 3.59. The Balaban J connectivity index is 2.29. The molecule has 0 unspecified atom stereocenters. The van der Waals surface area contributed by atoms with Crippen LogP contribution in [-0.2, 0) is 4.79 Å². The summed E-state index contributed by atoms with van der Waals surface area (Å²) in [5, 5.41) is 9.13. The number of H-pyrrole nitrogens is 1. The monoisotopic (exact) mass is 265 g/mol. The molecule has 0 aromatic carbocycles. The number of aromatic amines is 1. The molecule has 0 bridgehead atoms. The van der Waals surface area contributed by atoms with E-state index in [9.17, 15) is 9.59 Å². The van der Waals surface area contributed by atoms with E-state index in [1.54, 1.807) is 0 Å². The molecule has 6 heteroatoms. The van der Waals surface area contributed by atoms with Crippen molar-refractivity contribution in [1.29, 1.82) is 0 Å². The first kappa shape index (κ1) is 13.6. The minimum absolute atomic E-state index is 0.0566. The number of anilines is 1. The third-order valence-corrected chi connectivity index (χ3v) is 3.55. The van der Waals surface area contributed by atoms with Gasteiger partial charge in [-0.2, -0.15) is 0 Å². The summed E-state index contributed by atoms with van der Waals surface area (Å²) in [5.41, 5.74) is -0.194. The summed E-state index contributed by atoms with van der Waals surface area (Å²) in [7, 11) is 0. The zero-order chi connectivity index (χ0) is 14.2. The third-order valence-electron chi connectivity index (χ3n) is 3.55. The van der Waals surface area contributed by atoms with Crippen LogP contribution in [0, 0.1) is 11.8 Å². The highest BCUT2D eigenvalue weighted by Gasteiger charge is 2.35.